The van der Waals surface area contributed by atoms with Crippen molar-refractivity contribution in [2.45, 2.75) is 38.3 Å². The van der Waals surface area contributed by atoms with Crippen molar-refractivity contribution in [1.29, 1.82) is 0 Å². The van der Waals surface area contributed by atoms with Gasteiger partial charge in [-0.05, 0) is 43.5 Å². The lowest BCUT2D eigenvalue weighted by atomic mass is 9.74. The van der Waals surface area contributed by atoms with Crippen molar-refractivity contribution in [2.75, 3.05) is 26.3 Å². The summed E-state index contributed by atoms with van der Waals surface area (Å²) in [6.07, 6.45) is 1.60. The Bertz CT molecular complexity index is 853. The molecule has 8 heteroatoms. The molecule has 168 valence electrons. The number of nitrogens with zero attached hydrogens (tertiary/aromatic N) is 1. The second-order valence-corrected chi connectivity index (χ2v) is 7.43. The summed E-state index contributed by atoms with van der Waals surface area (Å²) in [6, 6.07) is 13.2. The molecule has 0 aromatic heterocycles. The Balaban J connectivity index is 1.75. The van der Waals surface area contributed by atoms with Gasteiger partial charge in [-0.3, -0.25) is 0 Å². The molecule has 3 rings (SSSR count). The fraction of sp³-hybridized carbons (Fsp3) is 0.435. The van der Waals surface area contributed by atoms with E-state index in [4.69, 9.17) is 4.74 Å². The van der Waals surface area contributed by atoms with E-state index in [1.165, 1.54) is 18.2 Å². The first-order valence-corrected chi connectivity index (χ1v) is 10.4. The molecule has 1 aliphatic heterocycles. The number of benzene rings is 2. The van der Waals surface area contributed by atoms with Crippen LogP contribution in [0.15, 0.2) is 53.5 Å². The Morgan fingerprint density at radius 1 is 1.10 bits per heavy atom. The molecular formula is C23H28F3N3O2. The monoisotopic (exact) mass is 435 g/mol. The highest BCUT2D eigenvalue weighted by Gasteiger charge is 2.34. The van der Waals surface area contributed by atoms with Crippen molar-refractivity contribution in [1.82, 2.24) is 10.6 Å². The lowest BCUT2D eigenvalue weighted by molar-refractivity contribution is -0.0504. The SMILES string of the molecule is CCNC(=NCc1ccccc1OC(F)F)NCC1(c2ccc(F)cc2)CCOCC1. The zero-order valence-electron chi connectivity index (χ0n) is 17.5. The molecular weight excluding hydrogens is 407 g/mol. The van der Waals surface area contributed by atoms with Crippen molar-refractivity contribution in [2.24, 2.45) is 4.99 Å². The predicted octanol–water partition coefficient (Wildman–Crippen LogP) is 4.23. The number of para-hydroxylation sites is 1. The standard InChI is InChI=1S/C23H28F3N3O2/c1-2-27-22(28-15-17-5-3-4-6-20(17)31-21(25)26)29-16-23(11-13-30-14-12-23)18-7-9-19(24)10-8-18/h3-10,21H,2,11-16H2,1H3,(H2,27,28,29). The highest BCUT2D eigenvalue weighted by Crippen LogP contribution is 2.34. The van der Waals surface area contributed by atoms with Crippen molar-refractivity contribution in [3.63, 3.8) is 0 Å². The molecule has 0 spiro atoms. The molecule has 2 aromatic carbocycles. The summed E-state index contributed by atoms with van der Waals surface area (Å²) in [5.74, 6) is 0.421. The molecule has 1 saturated heterocycles. The topological polar surface area (TPSA) is 54.9 Å². The number of nitrogens with one attached hydrogen (secondary N) is 2. The molecule has 0 saturated carbocycles. The van der Waals surface area contributed by atoms with E-state index in [2.05, 4.69) is 20.4 Å². The summed E-state index contributed by atoms with van der Waals surface area (Å²) >= 11 is 0. The van der Waals surface area contributed by atoms with Gasteiger partial charge >= 0.3 is 6.61 Å². The van der Waals surface area contributed by atoms with E-state index in [0.717, 1.165) is 18.4 Å². The van der Waals surface area contributed by atoms with Gasteiger partial charge in [0.25, 0.3) is 0 Å². The van der Waals surface area contributed by atoms with Crippen LogP contribution in [-0.4, -0.2) is 38.9 Å². The van der Waals surface area contributed by atoms with Crippen molar-refractivity contribution in [3.8, 4) is 5.75 Å². The van der Waals surface area contributed by atoms with Crippen molar-refractivity contribution in [3.05, 3.63) is 65.5 Å². The number of hydrogen-bond donors (Lipinski definition) is 2. The Morgan fingerprint density at radius 3 is 2.48 bits per heavy atom. The zero-order valence-corrected chi connectivity index (χ0v) is 17.5. The number of rotatable bonds is 8. The van der Waals surface area contributed by atoms with Crippen LogP contribution in [0.2, 0.25) is 0 Å². The van der Waals surface area contributed by atoms with Gasteiger partial charge in [0.05, 0.1) is 6.54 Å². The van der Waals surface area contributed by atoms with Crippen LogP contribution in [0, 0.1) is 5.82 Å². The zero-order chi connectivity index (χ0) is 22.1. The van der Waals surface area contributed by atoms with E-state index >= 15 is 0 Å². The average molecular weight is 435 g/mol. The average Bonchev–Trinajstić information content (AvgIpc) is 2.77. The molecule has 1 fully saturated rings. The van der Waals surface area contributed by atoms with Crippen molar-refractivity contribution < 1.29 is 22.6 Å². The van der Waals surface area contributed by atoms with E-state index in [-0.39, 0.29) is 23.5 Å². The lowest BCUT2D eigenvalue weighted by Gasteiger charge is -2.38. The van der Waals surface area contributed by atoms with Crippen molar-refractivity contribution >= 4 is 5.96 Å². The molecule has 2 aromatic rings. The van der Waals surface area contributed by atoms with Gasteiger partial charge in [-0.2, -0.15) is 8.78 Å². The molecule has 2 N–H and O–H groups in total. The first kappa shape index (κ1) is 22.9. The number of halogens is 3. The van der Waals surface area contributed by atoms with Crippen LogP contribution < -0.4 is 15.4 Å². The molecule has 0 bridgehead atoms. The van der Waals surface area contributed by atoms with E-state index in [1.54, 1.807) is 18.2 Å². The summed E-state index contributed by atoms with van der Waals surface area (Å²) in [7, 11) is 0. The minimum absolute atomic E-state index is 0.115. The molecule has 1 heterocycles. The maximum absolute atomic E-state index is 13.4. The number of guanidine groups is 1. The van der Waals surface area contributed by atoms with Crippen LogP contribution in [0.5, 0.6) is 5.75 Å². The summed E-state index contributed by atoms with van der Waals surface area (Å²) < 4.78 is 48.9. The molecule has 0 radical (unpaired) electrons. The summed E-state index contributed by atoms with van der Waals surface area (Å²) in [6.45, 7) is 1.74. The quantitative estimate of drug-likeness (QED) is 0.481. The van der Waals surface area contributed by atoms with Crippen LogP contribution in [-0.2, 0) is 16.7 Å². The molecule has 0 aliphatic carbocycles. The molecule has 31 heavy (non-hydrogen) atoms. The van der Waals surface area contributed by atoms with Crippen LogP contribution in [0.25, 0.3) is 0 Å². The third kappa shape index (κ3) is 6.37. The van der Waals surface area contributed by atoms with Crippen LogP contribution in [0.1, 0.15) is 30.9 Å². The first-order chi connectivity index (χ1) is 15.0. The minimum atomic E-state index is -2.89. The Hall–Kier alpha value is -2.74. The number of hydrogen-bond acceptors (Lipinski definition) is 3. The molecule has 5 nitrogen and oxygen atoms in total. The van der Waals surface area contributed by atoms with Gasteiger partial charge in [0.1, 0.15) is 11.6 Å². The number of alkyl halides is 2. The number of ether oxygens (including phenoxy) is 2. The summed E-state index contributed by atoms with van der Waals surface area (Å²) in [5.41, 5.74) is 1.41. The minimum Gasteiger partial charge on any atom is -0.434 e. The fourth-order valence-corrected chi connectivity index (χ4v) is 3.74. The normalized spacial score (nSPS) is 16.2. The maximum Gasteiger partial charge on any atom is 0.387 e. The molecule has 0 amide bonds. The van der Waals surface area contributed by atoms with Gasteiger partial charge in [-0.15, -0.1) is 0 Å². The Labute approximate surface area is 180 Å². The Morgan fingerprint density at radius 2 is 1.81 bits per heavy atom. The highest BCUT2D eigenvalue weighted by molar-refractivity contribution is 5.80. The molecule has 0 atom stereocenters. The van der Waals surface area contributed by atoms with E-state index < -0.39 is 6.61 Å². The van der Waals surface area contributed by atoms with Crippen LogP contribution in [0.4, 0.5) is 13.2 Å². The van der Waals surface area contributed by atoms with Gasteiger partial charge in [0.15, 0.2) is 5.96 Å². The molecule has 0 unspecified atom stereocenters. The lowest BCUT2D eigenvalue weighted by Crippen LogP contribution is -2.48. The summed E-state index contributed by atoms with van der Waals surface area (Å²) in [5, 5.41) is 6.56. The summed E-state index contributed by atoms with van der Waals surface area (Å²) in [4.78, 5) is 4.55. The van der Waals surface area contributed by atoms with Gasteiger partial charge in [0.2, 0.25) is 0 Å². The van der Waals surface area contributed by atoms with Gasteiger partial charge in [0, 0.05) is 37.3 Å². The third-order valence-corrected chi connectivity index (χ3v) is 5.44. The smallest absolute Gasteiger partial charge is 0.387 e. The molecule has 1 aliphatic rings. The fourth-order valence-electron chi connectivity index (χ4n) is 3.74. The highest BCUT2D eigenvalue weighted by atomic mass is 19.3. The van der Waals surface area contributed by atoms with E-state index in [9.17, 15) is 13.2 Å². The predicted molar refractivity (Wildman–Crippen MR) is 114 cm³/mol. The van der Waals surface area contributed by atoms with Gasteiger partial charge in [-0.25, -0.2) is 9.38 Å². The van der Waals surface area contributed by atoms with E-state index in [0.29, 0.717) is 37.8 Å². The van der Waals surface area contributed by atoms with Gasteiger partial charge in [-0.1, -0.05) is 30.3 Å². The number of aliphatic imine (C=N–C) groups is 1. The Kier molecular flexibility index (Phi) is 8.17. The van der Waals surface area contributed by atoms with Crippen LogP contribution >= 0.6 is 0 Å². The third-order valence-electron chi connectivity index (χ3n) is 5.44. The first-order valence-electron chi connectivity index (χ1n) is 10.4. The van der Waals surface area contributed by atoms with Crippen LogP contribution in [0.3, 0.4) is 0 Å². The second-order valence-electron chi connectivity index (χ2n) is 7.43. The second kappa shape index (κ2) is 11.0. The van der Waals surface area contributed by atoms with Gasteiger partial charge < -0.3 is 20.1 Å². The largest absolute Gasteiger partial charge is 0.434 e. The maximum atomic E-state index is 13.4. The van der Waals surface area contributed by atoms with E-state index in [1.807, 2.05) is 19.1 Å².